The summed E-state index contributed by atoms with van der Waals surface area (Å²) in [5.41, 5.74) is 5.33. The summed E-state index contributed by atoms with van der Waals surface area (Å²) in [5, 5.41) is 12.1. The van der Waals surface area contributed by atoms with Crippen LogP contribution in [0.25, 0.3) is 5.57 Å². The van der Waals surface area contributed by atoms with Gasteiger partial charge in [0.15, 0.2) is 0 Å². The third kappa shape index (κ3) is 4.17. The molecule has 162 valence electrons. The van der Waals surface area contributed by atoms with E-state index in [4.69, 9.17) is 4.99 Å². The van der Waals surface area contributed by atoms with Crippen LogP contribution in [0.1, 0.15) is 34.3 Å². The van der Waals surface area contributed by atoms with Crippen LogP contribution in [0.3, 0.4) is 0 Å². The summed E-state index contributed by atoms with van der Waals surface area (Å²) in [6.07, 6.45) is 3.56. The van der Waals surface area contributed by atoms with E-state index in [1.807, 2.05) is 18.2 Å². The number of anilines is 1. The second-order valence-electron chi connectivity index (χ2n) is 8.94. The fraction of sp³-hybridized carbons (Fsp3) is 0.346. The lowest BCUT2D eigenvalue weighted by Crippen LogP contribution is -2.44. The van der Waals surface area contributed by atoms with Crippen LogP contribution >= 0.6 is 0 Å². The first kappa shape index (κ1) is 20.5. The van der Waals surface area contributed by atoms with Crippen LogP contribution in [-0.2, 0) is 0 Å². The molecule has 6 nitrogen and oxygen atoms in total. The molecule has 2 fully saturated rings. The third-order valence-corrected chi connectivity index (χ3v) is 6.57. The van der Waals surface area contributed by atoms with Crippen LogP contribution in [-0.4, -0.2) is 61.8 Å². The van der Waals surface area contributed by atoms with Crippen molar-refractivity contribution in [3.8, 4) is 6.07 Å². The van der Waals surface area contributed by atoms with Crippen molar-refractivity contribution in [1.29, 1.82) is 5.26 Å². The van der Waals surface area contributed by atoms with E-state index in [1.165, 1.54) is 16.8 Å². The highest BCUT2D eigenvalue weighted by atomic mass is 16.1. The molecule has 1 N–H and O–H groups in total. The van der Waals surface area contributed by atoms with Gasteiger partial charge in [0.1, 0.15) is 5.54 Å². The first-order valence-corrected chi connectivity index (χ1v) is 11.2. The zero-order valence-electron chi connectivity index (χ0n) is 18.3. The number of amides is 1. The second-order valence-corrected chi connectivity index (χ2v) is 8.94. The van der Waals surface area contributed by atoms with Gasteiger partial charge in [-0.2, -0.15) is 5.26 Å². The molecule has 0 bridgehead atoms. The van der Waals surface area contributed by atoms with Crippen molar-refractivity contribution in [2.24, 2.45) is 4.99 Å². The number of carbonyl (C=O) groups excluding carboxylic acids is 1. The second kappa shape index (κ2) is 8.25. The van der Waals surface area contributed by atoms with Gasteiger partial charge in [0.2, 0.25) is 0 Å². The minimum atomic E-state index is -0.665. The van der Waals surface area contributed by atoms with E-state index in [1.54, 1.807) is 6.07 Å². The normalized spacial score (nSPS) is 19.7. The summed E-state index contributed by atoms with van der Waals surface area (Å²) in [6.45, 7) is 4.95. The Labute approximate surface area is 188 Å². The van der Waals surface area contributed by atoms with E-state index >= 15 is 0 Å². The Morgan fingerprint density at radius 1 is 1.06 bits per heavy atom. The monoisotopic (exact) mass is 425 g/mol. The van der Waals surface area contributed by atoms with Gasteiger partial charge in [-0.05, 0) is 61.4 Å². The van der Waals surface area contributed by atoms with Gasteiger partial charge in [-0.15, -0.1) is 0 Å². The number of aliphatic imine (C=N–C) groups is 1. The Hall–Kier alpha value is -3.43. The Balaban J connectivity index is 1.28. The van der Waals surface area contributed by atoms with Crippen LogP contribution in [0.15, 0.2) is 59.6 Å². The molecule has 5 rings (SSSR count). The Bertz CT molecular complexity index is 1130. The first-order chi connectivity index (χ1) is 15.5. The predicted molar refractivity (Wildman–Crippen MR) is 127 cm³/mol. The van der Waals surface area contributed by atoms with E-state index in [9.17, 15) is 10.1 Å². The fourth-order valence-corrected chi connectivity index (χ4v) is 4.23. The van der Waals surface area contributed by atoms with Crippen molar-refractivity contribution in [2.45, 2.75) is 18.4 Å². The minimum Gasteiger partial charge on any atom is -0.369 e. The van der Waals surface area contributed by atoms with Gasteiger partial charge >= 0.3 is 0 Å². The predicted octanol–water partition coefficient (Wildman–Crippen LogP) is 3.11. The highest BCUT2D eigenvalue weighted by Gasteiger charge is 2.44. The lowest BCUT2D eigenvalue weighted by atomic mass is 10.0. The number of carbonyl (C=O) groups is 1. The molecule has 6 heteroatoms. The number of nitrogens with one attached hydrogen (secondary N) is 1. The summed E-state index contributed by atoms with van der Waals surface area (Å²) in [7, 11) is 2.17. The molecule has 2 aromatic rings. The largest absolute Gasteiger partial charge is 0.369 e. The van der Waals surface area contributed by atoms with Crippen molar-refractivity contribution in [1.82, 2.24) is 10.2 Å². The zero-order chi connectivity index (χ0) is 22.1. The van der Waals surface area contributed by atoms with Crippen LogP contribution in [0.4, 0.5) is 5.69 Å². The zero-order valence-corrected chi connectivity index (χ0v) is 18.3. The third-order valence-electron chi connectivity index (χ3n) is 6.57. The fourth-order valence-electron chi connectivity index (χ4n) is 4.23. The maximum atomic E-state index is 12.6. The molecule has 0 atom stereocenters. The molecule has 3 aliphatic rings. The van der Waals surface area contributed by atoms with E-state index in [0.717, 1.165) is 50.3 Å². The van der Waals surface area contributed by atoms with Crippen LogP contribution in [0.5, 0.6) is 0 Å². The minimum absolute atomic E-state index is 0.201. The van der Waals surface area contributed by atoms with E-state index in [0.29, 0.717) is 12.1 Å². The summed E-state index contributed by atoms with van der Waals surface area (Å²) in [5.74, 6) is -0.201. The van der Waals surface area contributed by atoms with Crippen LogP contribution < -0.4 is 10.2 Å². The lowest BCUT2D eigenvalue weighted by molar-refractivity contribution is 0.0941. The molecule has 1 aliphatic carbocycles. The van der Waals surface area contributed by atoms with E-state index < -0.39 is 5.54 Å². The van der Waals surface area contributed by atoms with Crippen molar-refractivity contribution in [3.63, 3.8) is 0 Å². The molecule has 2 heterocycles. The molecular weight excluding hydrogens is 398 g/mol. The number of piperazine rings is 1. The average Bonchev–Trinajstić information content (AvgIpc) is 3.43. The van der Waals surface area contributed by atoms with Crippen molar-refractivity contribution < 1.29 is 4.79 Å². The molecule has 1 saturated carbocycles. The Morgan fingerprint density at radius 2 is 1.81 bits per heavy atom. The molecule has 0 spiro atoms. The number of rotatable bonds is 5. The number of likely N-dealkylation sites (N-methyl/N-ethyl adjacent to an activating group) is 1. The number of allylic oxidation sites excluding steroid dienone is 1. The van der Waals surface area contributed by atoms with Crippen molar-refractivity contribution in [2.75, 3.05) is 44.7 Å². The van der Waals surface area contributed by atoms with Gasteiger partial charge in [-0.3, -0.25) is 9.79 Å². The maximum Gasteiger partial charge on any atom is 0.252 e. The Kier molecular flexibility index (Phi) is 5.28. The van der Waals surface area contributed by atoms with Gasteiger partial charge in [0.05, 0.1) is 18.3 Å². The van der Waals surface area contributed by atoms with Gasteiger partial charge in [0.25, 0.3) is 5.91 Å². The summed E-state index contributed by atoms with van der Waals surface area (Å²) in [4.78, 5) is 22.1. The molecular formula is C26H27N5O. The van der Waals surface area contributed by atoms with Gasteiger partial charge in [-0.1, -0.05) is 24.3 Å². The van der Waals surface area contributed by atoms with Gasteiger partial charge in [0, 0.05) is 43.0 Å². The highest BCUT2D eigenvalue weighted by molar-refractivity contribution is 6.15. The quantitative estimate of drug-likeness (QED) is 0.799. The number of nitriles is 1. The first-order valence-electron chi connectivity index (χ1n) is 11.2. The smallest absolute Gasteiger partial charge is 0.252 e. The number of hydrogen-bond acceptors (Lipinski definition) is 5. The summed E-state index contributed by atoms with van der Waals surface area (Å²) >= 11 is 0. The molecule has 0 aromatic heterocycles. The molecule has 0 unspecified atom stereocenters. The summed E-state index contributed by atoms with van der Waals surface area (Å²) < 4.78 is 0. The molecule has 1 amide bonds. The molecule has 32 heavy (non-hydrogen) atoms. The average molecular weight is 426 g/mol. The maximum absolute atomic E-state index is 12.6. The van der Waals surface area contributed by atoms with Gasteiger partial charge < -0.3 is 15.1 Å². The van der Waals surface area contributed by atoms with Gasteiger partial charge in [-0.25, -0.2) is 0 Å². The number of hydrogen-bond donors (Lipinski definition) is 1. The van der Waals surface area contributed by atoms with Crippen molar-refractivity contribution >= 4 is 22.9 Å². The van der Waals surface area contributed by atoms with Crippen molar-refractivity contribution in [3.05, 3.63) is 71.3 Å². The van der Waals surface area contributed by atoms with Crippen LogP contribution in [0, 0.1) is 11.3 Å². The van der Waals surface area contributed by atoms with Crippen LogP contribution in [0.2, 0.25) is 0 Å². The highest BCUT2D eigenvalue weighted by Crippen LogP contribution is 2.34. The van der Waals surface area contributed by atoms with E-state index in [2.05, 4.69) is 58.6 Å². The number of benzene rings is 2. The molecule has 0 radical (unpaired) electrons. The standard InChI is InChI=1S/C26H27N5O/c1-30-11-13-31(14-12-30)23-7-5-19(6-8-23)22-16-24(28-17-22)20-3-2-4-21(15-20)25(32)29-26(18-27)9-10-26/h2-8,15-16H,9-14,17H2,1H3,(H,29,32). The lowest BCUT2D eigenvalue weighted by Gasteiger charge is -2.34. The SMILES string of the molecule is CN1CCN(c2ccc(C3=CC(c4cccc(C(=O)NC5(C#N)CC5)c4)=NC3)cc2)CC1. The number of nitrogens with zero attached hydrogens (tertiary/aromatic N) is 4. The summed E-state index contributed by atoms with van der Waals surface area (Å²) in [6, 6.07) is 18.5. The topological polar surface area (TPSA) is 71.7 Å². The van der Waals surface area contributed by atoms with E-state index in [-0.39, 0.29) is 5.91 Å². The molecule has 2 aromatic carbocycles. The Morgan fingerprint density at radius 3 is 2.50 bits per heavy atom. The molecule has 1 saturated heterocycles. The molecule has 2 aliphatic heterocycles.